The molecule has 0 aliphatic carbocycles. The van der Waals surface area contributed by atoms with Gasteiger partial charge < -0.3 is 19.1 Å². The highest BCUT2D eigenvalue weighted by Crippen LogP contribution is 2.38. The van der Waals surface area contributed by atoms with Gasteiger partial charge in [-0.2, -0.15) is 0 Å². The van der Waals surface area contributed by atoms with Crippen LogP contribution in [0.5, 0.6) is 17.2 Å². The highest BCUT2D eigenvalue weighted by molar-refractivity contribution is 9.10. The van der Waals surface area contributed by atoms with Crippen LogP contribution in [0.4, 0.5) is 0 Å². The molecule has 0 N–H and O–H groups in total. The van der Waals surface area contributed by atoms with E-state index in [1.807, 2.05) is 26.0 Å². The molecule has 0 fully saturated rings. The van der Waals surface area contributed by atoms with E-state index >= 15 is 0 Å². The summed E-state index contributed by atoms with van der Waals surface area (Å²) in [6.07, 6.45) is 7.15. The number of carbonyl (C=O) groups is 1. The minimum absolute atomic E-state index is 0.0926. The third-order valence-corrected chi connectivity index (χ3v) is 8.08. The number of benzene rings is 2. The summed E-state index contributed by atoms with van der Waals surface area (Å²) in [5.41, 5.74) is 1.97. The fourth-order valence-corrected chi connectivity index (χ4v) is 6.06. The summed E-state index contributed by atoms with van der Waals surface area (Å²) in [7, 11) is 3.13. The van der Waals surface area contributed by atoms with Crippen molar-refractivity contribution in [2.45, 2.75) is 26.8 Å². The molecule has 0 unspecified atom stereocenters. The van der Waals surface area contributed by atoms with E-state index < -0.39 is 6.04 Å². The van der Waals surface area contributed by atoms with E-state index in [1.165, 1.54) is 11.3 Å². The predicted octanol–water partition coefficient (Wildman–Crippen LogP) is 3.90. The average molecular weight is 625 g/mol. The van der Waals surface area contributed by atoms with Crippen LogP contribution in [0.15, 0.2) is 61.9 Å². The number of likely N-dealkylation sites (N-methyl/N-ethyl adjacent to an activating group) is 1. The molecule has 1 atom stereocenters. The maximum absolute atomic E-state index is 14.1. The van der Waals surface area contributed by atoms with Crippen molar-refractivity contribution in [1.29, 1.82) is 0 Å². The van der Waals surface area contributed by atoms with E-state index in [9.17, 15) is 9.59 Å². The smallest absolute Gasteiger partial charge is 0.271 e. The predicted molar refractivity (Wildman–Crippen MR) is 160 cm³/mol. The Bertz CT molecular complexity index is 1700. The van der Waals surface area contributed by atoms with Crippen molar-refractivity contribution in [3.63, 3.8) is 0 Å². The highest BCUT2D eigenvalue weighted by atomic mass is 79.9. The monoisotopic (exact) mass is 623 g/mol. The summed E-state index contributed by atoms with van der Waals surface area (Å²) in [5, 5.41) is 0. The molecule has 1 aliphatic rings. The number of allylic oxidation sites excluding steroid dienone is 1. The minimum atomic E-state index is -0.781. The van der Waals surface area contributed by atoms with E-state index in [4.69, 9.17) is 25.6 Å². The van der Waals surface area contributed by atoms with Gasteiger partial charge in [0, 0.05) is 28.7 Å². The zero-order valence-corrected chi connectivity index (χ0v) is 25.4. The van der Waals surface area contributed by atoms with Crippen molar-refractivity contribution < 1.29 is 19.0 Å². The van der Waals surface area contributed by atoms with Gasteiger partial charge in [0.15, 0.2) is 4.80 Å². The fourth-order valence-electron chi connectivity index (χ4n) is 4.65. The van der Waals surface area contributed by atoms with Gasteiger partial charge in [0.1, 0.15) is 29.9 Å². The molecule has 1 aliphatic heterocycles. The van der Waals surface area contributed by atoms with Gasteiger partial charge in [0.05, 0.1) is 30.0 Å². The van der Waals surface area contributed by atoms with Gasteiger partial charge in [0.25, 0.3) is 11.5 Å². The second-order valence-electron chi connectivity index (χ2n) is 8.84. The third-order valence-electron chi connectivity index (χ3n) is 6.60. The molecule has 0 spiro atoms. The number of halogens is 1. The lowest BCUT2D eigenvalue weighted by Crippen LogP contribution is -2.43. The minimum Gasteiger partial charge on any atom is -0.497 e. The summed E-state index contributed by atoms with van der Waals surface area (Å²) >= 11 is 4.73. The molecule has 40 heavy (non-hydrogen) atoms. The Balaban J connectivity index is 2.02. The summed E-state index contributed by atoms with van der Waals surface area (Å²) in [5.74, 6) is 3.93. The van der Waals surface area contributed by atoms with Gasteiger partial charge in [-0.15, -0.1) is 6.42 Å². The first-order chi connectivity index (χ1) is 19.3. The molecular formula is C30H30BrN3O5S. The molecule has 1 aromatic heterocycles. The van der Waals surface area contributed by atoms with Crippen molar-refractivity contribution in [2.75, 3.05) is 33.9 Å². The number of aromatic nitrogens is 1. The van der Waals surface area contributed by atoms with Gasteiger partial charge in [-0.25, -0.2) is 4.99 Å². The van der Waals surface area contributed by atoms with Crippen molar-refractivity contribution >= 4 is 39.2 Å². The van der Waals surface area contributed by atoms with E-state index in [1.54, 1.807) is 61.0 Å². The van der Waals surface area contributed by atoms with Crippen LogP contribution in [-0.2, 0) is 4.79 Å². The number of hydrogen-bond acceptors (Lipinski definition) is 7. The highest BCUT2D eigenvalue weighted by Gasteiger charge is 2.36. The number of terminal acetylenes is 1. The van der Waals surface area contributed by atoms with Crippen LogP contribution in [0.1, 0.15) is 37.9 Å². The maximum Gasteiger partial charge on any atom is 0.271 e. The van der Waals surface area contributed by atoms with Crippen molar-refractivity contribution in [1.82, 2.24) is 9.47 Å². The third kappa shape index (κ3) is 5.58. The fraction of sp³-hybridized carbons (Fsp3) is 0.300. The number of amides is 1. The van der Waals surface area contributed by atoms with Gasteiger partial charge in [0.2, 0.25) is 0 Å². The molecule has 0 saturated heterocycles. The zero-order chi connectivity index (χ0) is 29.0. The molecule has 2 aromatic carbocycles. The Morgan fingerprint density at radius 2 is 1.90 bits per heavy atom. The van der Waals surface area contributed by atoms with E-state index in [0.717, 1.165) is 4.47 Å². The van der Waals surface area contributed by atoms with E-state index in [-0.39, 0.29) is 18.1 Å². The molecule has 0 bridgehead atoms. The molecule has 8 nitrogen and oxygen atoms in total. The molecule has 0 radical (unpaired) electrons. The molecule has 10 heteroatoms. The van der Waals surface area contributed by atoms with Crippen molar-refractivity contribution in [3.05, 3.63) is 83.0 Å². The number of ether oxygens (including phenoxy) is 3. The number of hydrogen-bond donors (Lipinski definition) is 0. The largest absolute Gasteiger partial charge is 0.497 e. The van der Waals surface area contributed by atoms with Gasteiger partial charge in [-0.05, 0) is 63.2 Å². The number of thiazole rings is 1. The lowest BCUT2D eigenvalue weighted by molar-refractivity contribution is -0.127. The van der Waals surface area contributed by atoms with E-state index in [2.05, 4.69) is 21.9 Å². The van der Waals surface area contributed by atoms with Crippen LogP contribution < -0.4 is 29.1 Å². The SMILES string of the molecule is C#CCOc1ccc(Br)cc1/C=c1/sc2n(c1=O)[C@H](c1cc(OC)ccc1OC)C(C(=O)N(CC)CC)=C(C)N=2. The van der Waals surface area contributed by atoms with Crippen LogP contribution in [-0.4, -0.2) is 49.3 Å². The normalized spacial score (nSPS) is 14.7. The lowest BCUT2D eigenvalue weighted by Gasteiger charge is -2.30. The molecule has 4 rings (SSSR count). The first kappa shape index (κ1) is 29.2. The Kier molecular flexibility index (Phi) is 9.17. The summed E-state index contributed by atoms with van der Waals surface area (Å²) in [6, 6.07) is 10.1. The number of fused-ring (bicyclic) bond motifs is 1. The number of rotatable bonds is 9. The topological polar surface area (TPSA) is 82.4 Å². The zero-order valence-electron chi connectivity index (χ0n) is 23.0. The van der Waals surface area contributed by atoms with Crippen molar-refractivity contribution in [3.8, 4) is 29.6 Å². The Morgan fingerprint density at radius 3 is 2.55 bits per heavy atom. The van der Waals surface area contributed by atoms with Crippen LogP contribution >= 0.6 is 27.3 Å². The van der Waals surface area contributed by atoms with Crippen LogP contribution in [0.3, 0.4) is 0 Å². The standard InChI is InChI=1S/C30H30BrN3O5S/c1-7-14-39-23-12-10-20(31)15-19(23)16-25-28(35)34-27(22-17-21(37-5)11-13-24(22)38-6)26(18(4)32-30(34)40-25)29(36)33(8-2)9-3/h1,10-13,15-17,27H,8-9,14H2,2-6H3/b25-16+/t27-/m1/s1. The summed E-state index contributed by atoms with van der Waals surface area (Å²) < 4.78 is 19.7. The Hall–Kier alpha value is -3.81. The van der Waals surface area contributed by atoms with Gasteiger partial charge in [-0.3, -0.25) is 14.2 Å². The van der Waals surface area contributed by atoms with Crippen LogP contribution in [0, 0.1) is 12.3 Å². The second-order valence-corrected chi connectivity index (χ2v) is 10.8. The van der Waals surface area contributed by atoms with Gasteiger partial charge in [-0.1, -0.05) is 33.2 Å². The van der Waals surface area contributed by atoms with Crippen molar-refractivity contribution in [2.24, 2.45) is 4.99 Å². The molecule has 0 saturated carbocycles. The van der Waals surface area contributed by atoms with Crippen LogP contribution in [0.2, 0.25) is 0 Å². The first-order valence-electron chi connectivity index (χ1n) is 12.7. The Labute approximate surface area is 245 Å². The molecule has 2 heterocycles. The maximum atomic E-state index is 14.1. The summed E-state index contributed by atoms with van der Waals surface area (Å²) in [4.78, 5) is 35.0. The molecule has 3 aromatic rings. The molecule has 1 amide bonds. The molecular weight excluding hydrogens is 594 g/mol. The number of carbonyl (C=O) groups excluding carboxylic acids is 1. The summed E-state index contributed by atoms with van der Waals surface area (Å²) in [6.45, 7) is 6.77. The quantitative estimate of drug-likeness (QED) is 0.338. The van der Waals surface area contributed by atoms with Gasteiger partial charge >= 0.3 is 0 Å². The Morgan fingerprint density at radius 1 is 1.18 bits per heavy atom. The van der Waals surface area contributed by atoms with E-state index in [0.29, 0.717) is 62.1 Å². The average Bonchev–Trinajstić information content (AvgIpc) is 3.25. The van der Waals surface area contributed by atoms with Crippen LogP contribution in [0.25, 0.3) is 6.08 Å². The second kappa shape index (κ2) is 12.6. The lowest BCUT2D eigenvalue weighted by atomic mass is 9.93. The number of nitrogens with zero attached hydrogens (tertiary/aromatic N) is 3. The molecule has 208 valence electrons. The number of methoxy groups -OCH3 is 2. The first-order valence-corrected chi connectivity index (χ1v) is 14.3.